The molecule has 0 saturated carbocycles. The van der Waals surface area contributed by atoms with Crippen molar-refractivity contribution in [3.8, 4) is 0 Å². The first-order valence-electron chi connectivity index (χ1n) is 8.58. The molecule has 2 heterocycles. The second-order valence-electron chi connectivity index (χ2n) is 6.61. The first-order valence-corrected chi connectivity index (χ1v) is 10.4. The fraction of sp³-hybridized carbons (Fsp3) is 0.158. The van der Waals surface area contributed by atoms with Crippen molar-refractivity contribution in [3.05, 3.63) is 65.1 Å². The van der Waals surface area contributed by atoms with Crippen LogP contribution in [0.5, 0.6) is 0 Å². The van der Waals surface area contributed by atoms with Crippen LogP contribution in [0.15, 0.2) is 53.6 Å². The highest BCUT2D eigenvalue weighted by Gasteiger charge is 2.49. The van der Waals surface area contributed by atoms with Crippen LogP contribution in [0.2, 0.25) is 5.02 Å². The molecule has 4 rings (SSSR count). The maximum Gasteiger partial charge on any atom is 0.341 e. The number of halogens is 2. The Kier molecular flexibility index (Phi) is 4.59. The van der Waals surface area contributed by atoms with Gasteiger partial charge in [-0.1, -0.05) is 29.8 Å². The first-order chi connectivity index (χ1) is 13.7. The smallest absolute Gasteiger partial charge is 0.341 e. The molecule has 29 heavy (non-hydrogen) atoms. The minimum Gasteiger partial charge on any atom is -0.360 e. The highest BCUT2D eigenvalue weighted by atomic mass is 35.5. The molecule has 1 fully saturated rings. The number of likely N-dealkylation sites (N-methyl/N-ethyl adjacent to an activating group) is 1. The zero-order valence-corrected chi connectivity index (χ0v) is 16.7. The van der Waals surface area contributed by atoms with Crippen molar-refractivity contribution in [2.24, 2.45) is 0 Å². The number of rotatable bonds is 4. The predicted molar refractivity (Wildman–Crippen MR) is 104 cm³/mol. The van der Waals surface area contributed by atoms with Crippen LogP contribution in [0, 0.1) is 5.82 Å². The highest BCUT2D eigenvalue weighted by Crippen LogP contribution is 2.32. The molecular weight excluding hydrogens is 421 g/mol. The number of benzene rings is 2. The lowest BCUT2D eigenvalue weighted by atomic mass is 10.0. The van der Waals surface area contributed by atoms with Crippen LogP contribution in [0.3, 0.4) is 0 Å². The molecule has 0 radical (unpaired) electrons. The number of carbonyl (C=O) groups excluding carboxylic acids is 2. The molecule has 0 aliphatic carbocycles. The summed E-state index contributed by atoms with van der Waals surface area (Å²) in [6.45, 7) is 0. The lowest BCUT2D eigenvalue weighted by Gasteiger charge is -2.21. The van der Waals surface area contributed by atoms with Crippen LogP contribution < -0.4 is 0 Å². The number of aromatic amines is 1. The molecule has 1 N–H and O–H groups in total. The summed E-state index contributed by atoms with van der Waals surface area (Å²) < 4.78 is 40.5. The molecule has 3 aromatic rings. The number of amides is 3. The molecule has 1 aliphatic heterocycles. The van der Waals surface area contributed by atoms with E-state index in [2.05, 4.69) is 4.98 Å². The van der Waals surface area contributed by atoms with Gasteiger partial charge in [0.1, 0.15) is 16.9 Å². The van der Waals surface area contributed by atoms with Crippen LogP contribution >= 0.6 is 11.6 Å². The average Bonchev–Trinajstić information content (AvgIpc) is 3.21. The summed E-state index contributed by atoms with van der Waals surface area (Å²) >= 11 is 5.97. The number of hydrogen-bond acceptors (Lipinski definition) is 4. The van der Waals surface area contributed by atoms with Gasteiger partial charge in [-0.05, 0) is 29.8 Å². The summed E-state index contributed by atoms with van der Waals surface area (Å²) in [5.41, 5.74) is 0.876. The van der Waals surface area contributed by atoms with Gasteiger partial charge in [0.15, 0.2) is 0 Å². The van der Waals surface area contributed by atoms with Crippen molar-refractivity contribution in [2.45, 2.75) is 17.4 Å². The number of sulfonamides is 1. The summed E-state index contributed by atoms with van der Waals surface area (Å²) in [7, 11) is -3.01. The van der Waals surface area contributed by atoms with Crippen molar-refractivity contribution in [1.82, 2.24) is 14.2 Å². The van der Waals surface area contributed by atoms with E-state index in [1.807, 2.05) is 0 Å². The van der Waals surface area contributed by atoms with E-state index in [0.29, 0.717) is 20.8 Å². The normalized spacial score (nSPS) is 17.6. The molecule has 1 atom stereocenters. The number of carbonyl (C=O) groups is 2. The second-order valence-corrected chi connectivity index (χ2v) is 8.80. The maximum atomic E-state index is 13.7. The zero-order chi connectivity index (χ0) is 20.9. The van der Waals surface area contributed by atoms with Gasteiger partial charge in [-0.15, -0.1) is 0 Å². The Morgan fingerprint density at radius 3 is 2.52 bits per heavy atom. The average molecular weight is 436 g/mol. The number of aromatic nitrogens is 1. The number of nitrogens with zero attached hydrogens (tertiary/aromatic N) is 2. The first kappa shape index (κ1) is 19.4. The monoisotopic (exact) mass is 435 g/mol. The largest absolute Gasteiger partial charge is 0.360 e. The van der Waals surface area contributed by atoms with Gasteiger partial charge in [-0.2, -0.15) is 0 Å². The molecule has 10 heteroatoms. The molecule has 0 spiro atoms. The van der Waals surface area contributed by atoms with Crippen LogP contribution in [0.25, 0.3) is 10.9 Å². The number of imide groups is 1. The molecule has 1 aromatic heterocycles. The van der Waals surface area contributed by atoms with Gasteiger partial charge in [-0.3, -0.25) is 9.69 Å². The summed E-state index contributed by atoms with van der Waals surface area (Å²) in [4.78, 5) is 28.8. The van der Waals surface area contributed by atoms with E-state index in [1.165, 1.54) is 49.6 Å². The Morgan fingerprint density at radius 2 is 1.83 bits per heavy atom. The molecular formula is C19H15ClFN3O4S. The quantitative estimate of drug-likeness (QED) is 0.637. The van der Waals surface area contributed by atoms with Crippen molar-refractivity contribution in [1.29, 1.82) is 0 Å². The molecule has 3 amide bonds. The van der Waals surface area contributed by atoms with E-state index in [1.54, 1.807) is 6.07 Å². The van der Waals surface area contributed by atoms with E-state index >= 15 is 0 Å². The number of nitrogens with one attached hydrogen (secondary N) is 1. The fourth-order valence-corrected chi connectivity index (χ4v) is 5.19. The fourth-order valence-electron chi connectivity index (χ4n) is 3.42. The topological polar surface area (TPSA) is 90.6 Å². The molecule has 150 valence electrons. The third-order valence-corrected chi connectivity index (χ3v) is 7.08. The van der Waals surface area contributed by atoms with E-state index in [4.69, 9.17) is 11.6 Å². The third-order valence-electron chi connectivity index (χ3n) is 4.92. The van der Waals surface area contributed by atoms with Gasteiger partial charge >= 0.3 is 6.03 Å². The lowest BCUT2D eigenvalue weighted by Crippen LogP contribution is -2.41. The van der Waals surface area contributed by atoms with Crippen LogP contribution in [-0.2, 0) is 21.2 Å². The van der Waals surface area contributed by atoms with E-state index in [-0.39, 0.29) is 16.3 Å². The third kappa shape index (κ3) is 2.97. The molecule has 1 aliphatic rings. The van der Waals surface area contributed by atoms with Crippen LogP contribution in [0.4, 0.5) is 9.18 Å². The maximum absolute atomic E-state index is 13.7. The second kappa shape index (κ2) is 6.85. The Bertz CT molecular complexity index is 1240. The van der Waals surface area contributed by atoms with Crippen molar-refractivity contribution >= 4 is 44.5 Å². The molecule has 0 unspecified atom stereocenters. The Balaban J connectivity index is 1.78. The van der Waals surface area contributed by atoms with Gasteiger partial charge in [0, 0.05) is 25.1 Å². The minimum absolute atomic E-state index is 0.0804. The van der Waals surface area contributed by atoms with Crippen molar-refractivity contribution in [2.75, 3.05) is 7.05 Å². The van der Waals surface area contributed by atoms with Gasteiger partial charge in [0.2, 0.25) is 0 Å². The lowest BCUT2D eigenvalue weighted by molar-refractivity contribution is -0.127. The molecule has 2 aromatic carbocycles. The summed E-state index contributed by atoms with van der Waals surface area (Å²) in [5, 5.41) is 0.441. The van der Waals surface area contributed by atoms with E-state index in [0.717, 1.165) is 4.90 Å². The van der Waals surface area contributed by atoms with Crippen molar-refractivity contribution < 1.29 is 22.4 Å². The molecule has 0 bridgehead atoms. The number of H-pyrrole nitrogens is 1. The Hall–Kier alpha value is -2.91. The van der Waals surface area contributed by atoms with Gasteiger partial charge in [0.05, 0.1) is 10.4 Å². The number of hydrogen-bond donors (Lipinski definition) is 1. The van der Waals surface area contributed by atoms with Gasteiger partial charge in [-0.25, -0.2) is 21.9 Å². The highest BCUT2D eigenvalue weighted by molar-refractivity contribution is 7.89. The SMILES string of the molecule is CN1C(=O)[C@@H](Cc2c[nH]c3c(Cl)c(F)ccc23)N(S(=O)(=O)c2ccccc2)C1=O. The molecule has 7 nitrogen and oxygen atoms in total. The summed E-state index contributed by atoms with van der Waals surface area (Å²) in [6.07, 6.45) is 1.45. The summed E-state index contributed by atoms with van der Waals surface area (Å²) in [6, 6.07) is 7.92. The standard InChI is InChI=1S/C19H15ClFN3O4S/c1-23-18(25)15(9-11-10-22-17-13(11)7-8-14(21)16(17)20)24(19(23)26)29(27,28)12-5-3-2-4-6-12/h2-8,10,15,22H,9H2,1H3/t15-/m1/s1. The van der Waals surface area contributed by atoms with E-state index < -0.39 is 33.8 Å². The zero-order valence-electron chi connectivity index (χ0n) is 15.1. The van der Waals surface area contributed by atoms with Crippen molar-refractivity contribution in [3.63, 3.8) is 0 Å². The Morgan fingerprint density at radius 1 is 1.14 bits per heavy atom. The minimum atomic E-state index is -4.25. The summed E-state index contributed by atoms with van der Waals surface area (Å²) in [5.74, 6) is -1.25. The Labute approximate surface area is 170 Å². The number of fused-ring (bicyclic) bond motifs is 1. The van der Waals surface area contributed by atoms with Crippen LogP contribution in [0.1, 0.15) is 5.56 Å². The number of urea groups is 1. The molecule has 1 saturated heterocycles. The predicted octanol–water partition coefficient (Wildman–Crippen LogP) is 3.15. The van der Waals surface area contributed by atoms with Gasteiger partial charge < -0.3 is 4.98 Å². The van der Waals surface area contributed by atoms with Gasteiger partial charge in [0.25, 0.3) is 15.9 Å². The van der Waals surface area contributed by atoms with Crippen LogP contribution in [-0.4, -0.2) is 47.6 Å². The van der Waals surface area contributed by atoms with E-state index in [9.17, 15) is 22.4 Å².